The van der Waals surface area contributed by atoms with Gasteiger partial charge in [-0.2, -0.15) is 0 Å². The van der Waals surface area contributed by atoms with Crippen LogP contribution in [0, 0.1) is 0 Å². The maximum Gasteiger partial charge on any atom is 0.472 e. The summed E-state index contributed by atoms with van der Waals surface area (Å²) >= 11 is 0. The van der Waals surface area contributed by atoms with Crippen molar-refractivity contribution in [2.75, 3.05) is 19.8 Å². The predicted octanol–water partition coefficient (Wildman–Crippen LogP) is 16.3. The van der Waals surface area contributed by atoms with Crippen LogP contribution in [0.5, 0.6) is 0 Å². The molecule has 0 fully saturated rings. The molecular weight excluding hydrogens is 792 g/mol. The van der Waals surface area contributed by atoms with Crippen LogP contribution >= 0.6 is 7.82 Å². The first kappa shape index (κ1) is 61.2. The number of carbonyl (C=O) groups excluding carboxylic acids is 1. The molecule has 1 amide bonds. The number of nitrogens with one attached hydrogen (secondary N) is 1. The molecule has 0 aromatic rings. The number of unbranched alkanes of at least 4 members (excludes halogenated alkanes) is 40. The number of amides is 1. The summed E-state index contributed by atoms with van der Waals surface area (Å²) < 4.78 is 22.1. The van der Waals surface area contributed by atoms with Crippen molar-refractivity contribution < 1.29 is 28.4 Å². The summed E-state index contributed by atoms with van der Waals surface area (Å²) in [4.78, 5) is 22.7. The molecule has 0 saturated carbocycles. The zero-order valence-corrected chi connectivity index (χ0v) is 42.3. The Labute approximate surface area is 385 Å². The fourth-order valence-corrected chi connectivity index (χ4v) is 9.25. The number of allylic oxidation sites excluding steroid dienone is 1. The van der Waals surface area contributed by atoms with Crippen LogP contribution in [-0.2, 0) is 18.4 Å². The molecule has 5 N–H and O–H groups in total. The Kier molecular flexibility index (Phi) is 49.1. The molecule has 0 spiro atoms. The van der Waals surface area contributed by atoms with Crippen LogP contribution in [0.15, 0.2) is 12.2 Å². The summed E-state index contributed by atoms with van der Waals surface area (Å²) in [6.45, 7) is 4.15. The predicted molar refractivity (Wildman–Crippen MR) is 268 cm³/mol. The van der Waals surface area contributed by atoms with Crippen LogP contribution in [0.3, 0.4) is 0 Å². The van der Waals surface area contributed by atoms with E-state index in [0.29, 0.717) is 6.42 Å². The van der Waals surface area contributed by atoms with Gasteiger partial charge in [0.05, 0.1) is 25.4 Å². The van der Waals surface area contributed by atoms with E-state index >= 15 is 0 Å². The second-order valence-electron chi connectivity index (χ2n) is 18.8. The van der Waals surface area contributed by atoms with E-state index in [1.54, 1.807) is 6.08 Å². The van der Waals surface area contributed by atoms with Crippen molar-refractivity contribution >= 4 is 13.7 Å². The van der Waals surface area contributed by atoms with Crippen molar-refractivity contribution in [1.29, 1.82) is 0 Å². The van der Waals surface area contributed by atoms with E-state index in [1.807, 2.05) is 6.08 Å². The molecule has 9 heteroatoms. The van der Waals surface area contributed by atoms with E-state index < -0.39 is 20.0 Å². The summed E-state index contributed by atoms with van der Waals surface area (Å²) in [5.74, 6) is -0.189. The summed E-state index contributed by atoms with van der Waals surface area (Å²) in [5, 5.41) is 13.7. The van der Waals surface area contributed by atoms with Gasteiger partial charge in [0.2, 0.25) is 5.91 Å². The summed E-state index contributed by atoms with van der Waals surface area (Å²) in [7, 11) is -4.33. The van der Waals surface area contributed by atoms with Gasteiger partial charge in [-0.25, -0.2) is 4.57 Å². The van der Waals surface area contributed by atoms with Gasteiger partial charge >= 0.3 is 7.82 Å². The monoisotopic (exact) mass is 899 g/mol. The zero-order chi connectivity index (χ0) is 45.3. The minimum absolute atomic E-state index is 0.0813. The minimum atomic E-state index is -4.33. The molecule has 0 heterocycles. The number of carbonyl (C=O) groups is 1. The molecule has 0 aliphatic heterocycles. The van der Waals surface area contributed by atoms with E-state index in [2.05, 4.69) is 19.2 Å². The highest BCUT2D eigenvalue weighted by Gasteiger charge is 2.27. The first-order valence-electron chi connectivity index (χ1n) is 27.3. The largest absolute Gasteiger partial charge is 0.472 e. The van der Waals surface area contributed by atoms with Crippen molar-refractivity contribution in [2.24, 2.45) is 5.73 Å². The lowest BCUT2D eigenvalue weighted by atomic mass is 10.0. The van der Waals surface area contributed by atoms with E-state index in [9.17, 15) is 19.4 Å². The van der Waals surface area contributed by atoms with E-state index in [4.69, 9.17) is 14.8 Å². The molecule has 0 bridgehead atoms. The van der Waals surface area contributed by atoms with Gasteiger partial charge in [-0.3, -0.25) is 13.8 Å². The lowest BCUT2D eigenvalue weighted by molar-refractivity contribution is -0.123. The second kappa shape index (κ2) is 49.7. The third-order valence-electron chi connectivity index (χ3n) is 12.6. The van der Waals surface area contributed by atoms with Crippen LogP contribution in [0.1, 0.15) is 290 Å². The van der Waals surface area contributed by atoms with Gasteiger partial charge in [0, 0.05) is 13.0 Å². The lowest BCUT2D eigenvalue weighted by Gasteiger charge is -2.23. The summed E-state index contributed by atoms with van der Waals surface area (Å²) in [6, 6.07) is -0.854. The standard InChI is InChI=1S/C53H107N2O6P/c1-3-5-7-9-11-13-15-16-17-18-19-20-21-22-23-24-25-26-27-28-29-30-31-32-33-34-35-36-37-39-41-43-45-47-53(57)55-51(50-61-62(58,59)60-49-48-54)52(56)46-44-42-40-38-14-12-10-8-6-4-2/h44,46,51-52,56H,3-43,45,47-50,54H2,1-2H3,(H,55,57)(H,58,59)/b46-44+/t51-,52+/m0/s1. The molecule has 0 saturated heterocycles. The normalized spacial score (nSPS) is 13.8. The molecule has 1 unspecified atom stereocenters. The van der Waals surface area contributed by atoms with Gasteiger partial charge < -0.3 is 21.1 Å². The average molecular weight is 899 g/mol. The SMILES string of the molecule is CCCCCCCCCC/C=C/[C@@H](O)[C@H](COP(=O)(O)OCCN)NC(=O)CCCCCCCCCCCCCCCCCCCCCCCCCCCCCCCCCCC. The Balaban J connectivity index is 3.75. The second-order valence-corrected chi connectivity index (χ2v) is 20.3. The highest BCUT2D eigenvalue weighted by molar-refractivity contribution is 7.47. The quantitative estimate of drug-likeness (QED) is 0.0272. The highest BCUT2D eigenvalue weighted by atomic mass is 31.2. The molecule has 370 valence electrons. The summed E-state index contributed by atoms with van der Waals surface area (Å²) in [6.07, 6.45) is 59.0. The summed E-state index contributed by atoms with van der Waals surface area (Å²) in [5.41, 5.74) is 5.38. The van der Waals surface area contributed by atoms with E-state index in [-0.39, 0.29) is 25.7 Å². The maximum atomic E-state index is 12.8. The Morgan fingerprint density at radius 1 is 0.516 bits per heavy atom. The Hall–Kier alpha value is -0.760. The molecule has 62 heavy (non-hydrogen) atoms. The van der Waals surface area contributed by atoms with Crippen LogP contribution < -0.4 is 11.1 Å². The Morgan fingerprint density at radius 2 is 0.823 bits per heavy atom. The number of phosphoric ester groups is 1. The third kappa shape index (κ3) is 47.2. The van der Waals surface area contributed by atoms with Crippen LogP contribution in [0.2, 0.25) is 0 Å². The smallest absolute Gasteiger partial charge is 0.387 e. The first-order valence-corrected chi connectivity index (χ1v) is 28.8. The van der Waals surface area contributed by atoms with Gasteiger partial charge in [0.25, 0.3) is 0 Å². The van der Waals surface area contributed by atoms with Crippen molar-refractivity contribution in [3.63, 3.8) is 0 Å². The molecule has 0 rings (SSSR count). The molecule has 0 aliphatic rings. The zero-order valence-electron chi connectivity index (χ0n) is 41.4. The molecular formula is C53H107N2O6P. The van der Waals surface area contributed by atoms with Crippen molar-refractivity contribution in [3.8, 4) is 0 Å². The first-order chi connectivity index (χ1) is 30.4. The number of nitrogens with two attached hydrogens (primary N) is 1. The van der Waals surface area contributed by atoms with Crippen LogP contribution in [0.25, 0.3) is 0 Å². The Bertz CT molecular complexity index is 984. The van der Waals surface area contributed by atoms with Crippen molar-refractivity contribution in [2.45, 2.75) is 302 Å². The van der Waals surface area contributed by atoms with Crippen molar-refractivity contribution in [3.05, 3.63) is 12.2 Å². The van der Waals surface area contributed by atoms with Crippen LogP contribution in [-0.4, -0.2) is 47.8 Å². The topological polar surface area (TPSA) is 131 Å². The molecule has 0 aromatic carbocycles. The molecule has 0 radical (unpaired) electrons. The fraction of sp³-hybridized carbons (Fsp3) is 0.943. The maximum absolute atomic E-state index is 12.8. The molecule has 0 aliphatic carbocycles. The number of aliphatic hydroxyl groups excluding tert-OH is 1. The number of phosphoric acid groups is 1. The van der Waals surface area contributed by atoms with Crippen LogP contribution in [0.4, 0.5) is 0 Å². The third-order valence-corrected chi connectivity index (χ3v) is 13.6. The van der Waals surface area contributed by atoms with Gasteiger partial charge in [0.1, 0.15) is 0 Å². The number of hydrogen-bond donors (Lipinski definition) is 4. The minimum Gasteiger partial charge on any atom is -0.387 e. The van der Waals surface area contributed by atoms with Gasteiger partial charge in [-0.15, -0.1) is 0 Å². The molecule has 8 nitrogen and oxygen atoms in total. The molecule has 0 aromatic heterocycles. The highest BCUT2D eigenvalue weighted by Crippen LogP contribution is 2.43. The fourth-order valence-electron chi connectivity index (χ4n) is 8.49. The lowest BCUT2D eigenvalue weighted by Crippen LogP contribution is -2.45. The molecule has 3 atom stereocenters. The van der Waals surface area contributed by atoms with Gasteiger partial charge in [0.15, 0.2) is 0 Å². The van der Waals surface area contributed by atoms with Gasteiger partial charge in [-0.05, 0) is 19.3 Å². The van der Waals surface area contributed by atoms with E-state index in [1.165, 1.54) is 231 Å². The number of rotatable bonds is 52. The van der Waals surface area contributed by atoms with E-state index in [0.717, 1.165) is 38.5 Å². The average Bonchev–Trinajstić information content (AvgIpc) is 3.26. The van der Waals surface area contributed by atoms with Gasteiger partial charge in [-0.1, -0.05) is 276 Å². The van der Waals surface area contributed by atoms with Crippen molar-refractivity contribution in [1.82, 2.24) is 5.32 Å². The number of aliphatic hydroxyl groups is 1. The number of hydrogen-bond acceptors (Lipinski definition) is 6. The Morgan fingerprint density at radius 3 is 1.15 bits per heavy atom.